The Morgan fingerprint density at radius 2 is 0.886 bits per heavy atom. The van der Waals surface area contributed by atoms with Gasteiger partial charge in [-0.2, -0.15) is 0 Å². The van der Waals surface area contributed by atoms with Crippen LogP contribution in [0.1, 0.15) is 158 Å². The van der Waals surface area contributed by atoms with E-state index in [4.69, 9.17) is 3.07 Å². The van der Waals surface area contributed by atoms with Gasteiger partial charge in [0.15, 0.2) is 0 Å². The molecule has 35 heavy (non-hydrogen) atoms. The Morgan fingerprint density at radius 1 is 0.543 bits per heavy atom. The van der Waals surface area contributed by atoms with Crippen molar-refractivity contribution in [2.45, 2.75) is 171 Å². The minimum atomic E-state index is -3.22. The van der Waals surface area contributed by atoms with E-state index in [0.717, 1.165) is 43.4 Å². The van der Waals surface area contributed by atoms with Gasteiger partial charge in [0, 0.05) is 0 Å². The van der Waals surface area contributed by atoms with Gasteiger partial charge in [0.1, 0.15) is 0 Å². The van der Waals surface area contributed by atoms with Crippen LogP contribution in [-0.2, 0) is 7.87 Å². The summed E-state index contributed by atoms with van der Waals surface area (Å²) in [7, 11) is 0. The molecular weight excluding hydrogens is 535 g/mol. The number of rotatable bonds is 24. The first-order valence-electron chi connectivity index (χ1n) is 16.1. The Morgan fingerprint density at radius 3 is 1.17 bits per heavy atom. The van der Waals surface area contributed by atoms with E-state index < -0.39 is 18.8 Å². The van der Waals surface area contributed by atoms with Gasteiger partial charge in [0.2, 0.25) is 0 Å². The van der Waals surface area contributed by atoms with E-state index >= 15 is 0 Å². The third-order valence-corrected chi connectivity index (χ3v) is 21.8. The molecular formula is C32H66O2Sn. The van der Waals surface area contributed by atoms with Crippen molar-refractivity contribution < 1.29 is 7.87 Å². The second-order valence-electron chi connectivity index (χ2n) is 11.7. The van der Waals surface area contributed by atoms with E-state index in [1.807, 2.05) is 0 Å². The van der Waals surface area contributed by atoms with Crippen molar-refractivity contribution in [2.24, 2.45) is 23.7 Å². The van der Waals surface area contributed by atoms with E-state index in [1.54, 1.807) is 0 Å². The Labute approximate surface area is 226 Å². The summed E-state index contributed by atoms with van der Waals surface area (Å²) < 4.78 is 10.9. The number of hydrogen-bond donors (Lipinski definition) is 0. The molecule has 0 saturated carbocycles. The van der Waals surface area contributed by atoms with Gasteiger partial charge in [-0.05, 0) is 0 Å². The number of hydrogen-bond acceptors (Lipinski definition) is 2. The molecule has 210 valence electrons. The molecule has 0 aromatic carbocycles. The Kier molecular flexibility index (Phi) is 22.4. The van der Waals surface area contributed by atoms with Gasteiger partial charge in [-0.1, -0.05) is 0 Å². The van der Waals surface area contributed by atoms with Gasteiger partial charge in [0.25, 0.3) is 0 Å². The van der Waals surface area contributed by atoms with E-state index in [0.29, 0.717) is 0 Å². The molecule has 0 aliphatic heterocycles. The van der Waals surface area contributed by atoms with Gasteiger partial charge in [-0.3, -0.25) is 0 Å². The van der Waals surface area contributed by atoms with Crippen molar-refractivity contribution in [1.29, 1.82) is 0 Å². The summed E-state index contributed by atoms with van der Waals surface area (Å²) in [6, 6.07) is 0. The van der Waals surface area contributed by atoms with Crippen LogP contribution >= 0.6 is 0 Å². The predicted molar refractivity (Wildman–Crippen MR) is 159 cm³/mol. The fourth-order valence-corrected chi connectivity index (χ4v) is 23.1. The van der Waals surface area contributed by atoms with E-state index in [2.05, 4.69) is 55.4 Å². The second kappa shape index (κ2) is 22.3. The monoisotopic (exact) mass is 602 g/mol. The molecule has 0 fully saturated rings. The normalized spacial score (nSPS) is 16.9. The summed E-state index contributed by atoms with van der Waals surface area (Å²) >= 11 is -3.22. The Bertz CT molecular complexity index is 446. The van der Waals surface area contributed by atoms with Crippen molar-refractivity contribution in [2.75, 3.05) is 0 Å². The quantitative estimate of drug-likeness (QED) is 0.103. The zero-order chi connectivity index (χ0) is 26.5. The molecule has 4 unspecified atom stereocenters. The van der Waals surface area contributed by atoms with Gasteiger partial charge < -0.3 is 0 Å². The van der Waals surface area contributed by atoms with Gasteiger partial charge >= 0.3 is 228 Å². The number of unbranched alkanes of at least 4 members (excludes halogenated alkanes) is 4. The number of carbonyl (C=O) groups excluding carboxylic acids is 1. The molecule has 4 atom stereocenters. The average molecular weight is 602 g/mol. The van der Waals surface area contributed by atoms with E-state index in [9.17, 15) is 4.79 Å². The summed E-state index contributed by atoms with van der Waals surface area (Å²) in [5.41, 5.74) is 0. The average Bonchev–Trinajstić information content (AvgIpc) is 2.87. The maximum absolute atomic E-state index is 13.8. The summed E-state index contributed by atoms with van der Waals surface area (Å²) in [4.78, 5) is 13.8. The van der Waals surface area contributed by atoms with Crippen LogP contribution in [0.5, 0.6) is 0 Å². The van der Waals surface area contributed by atoms with Gasteiger partial charge in [-0.15, -0.1) is 0 Å². The summed E-state index contributed by atoms with van der Waals surface area (Å²) in [6.45, 7) is 18.5. The summed E-state index contributed by atoms with van der Waals surface area (Å²) in [5, 5.41) is 0. The first-order chi connectivity index (χ1) is 16.9. The van der Waals surface area contributed by atoms with Crippen molar-refractivity contribution >= 4 is 24.8 Å². The Hall–Kier alpha value is 0.269. The molecule has 0 heterocycles. The SMILES string of the molecule is CCCCC(CC)[CH2][Sn]([CH2]C(CC)CCCC)([CH2]C(CC)CCCC)[O]C(=O)C(CC)CCCC. The van der Waals surface area contributed by atoms with Crippen molar-refractivity contribution in [1.82, 2.24) is 0 Å². The van der Waals surface area contributed by atoms with Crippen LogP contribution in [-0.4, -0.2) is 24.8 Å². The Balaban J connectivity index is 6.22. The van der Waals surface area contributed by atoms with Gasteiger partial charge in [0.05, 0.1) is 0 Å². The molecule has 0 rings (SSSR count). The molecule has 0 bridgehead atoms. The van der Waals surface area contributed by atoms with E-state index in [-0.39, 0.29) is 11.9 Å². The zero-order valence-corrected chi connectivity index (χ0v) is 28.4. The third kappa shape index (κ3) is 15.3. The maximum atomic E-state index is 13.8. The van der Waals surface area contributed by atoms with Crippen molar-refractivity contribution in [3.05, 3.63) is 0 Å². The van der Waals surface area contributed by atoms with Crippen LogP contribution in [0, 0.1) is 23.7 Å². The molecule has 0 aromatic heterocycles. The topological polar surface area (TPSA) is 26.3 Å². The van der Waals surface area contributed by atoms with Crippen molar-refractivity contribution in [3.63, 3.8) is 0 Å². The van der Waals surface area contributed by atoms with Crippen LogP contribution < -0.4 is 0 Å². The first-order valence-corrected chi connectivity index (χ1v) is 23.3. The van der Waals surface area contributed by atoms with Crippen LogP contribution in [0.3, 0.4) is 0 Å². The zero-order valence-electron chi connectivity index (χ0n) is 25.6. The molecule has 0 saturated heterocycles. The molecule has 0 amide bonds. The molecule has 0 radical (unpaired) electrons. The molecule has 3 heteroatoms. The minimum absolute atomic E-state index is 0.119. The van der Waals surface area contributed by atoms with Crippen LogP contribution in [0.2, 0.25) is 13.3 Å². The number of carbonyl (C=O) groups is 1. The van der Waals surface area contributed by atoms with Crippen LogP contribution in [0.15, 0.2) is 0 Å². The fourth-order valence-electron chi connectivity index (χ4n) is 6.02. The molecule has 0 aliphatic carbocycles. The summed E-state index contributed by atoms with van der Waals surface area (Å²) in [6.07, 6.45) is 19.8. The van der Waals surface area contributed by atoms with Crippen LogP contribution in [0.4, 0.5) is 0 Å². The van der Waals surface area contributed by atoms with Gasteiger partial charge in [-0.25, -0.2) is 0 Å². The van der Waals surface area contributed by atoms with Crippen LogP contribution in [0.25, 0.3) is 0 Å². The second-order valence-corrected chi connectivity index (χ2v) is 22.5. The van der Waals surface area contributed by atoms with E-state index in [1.165, 1.54) is 90.4 Å². The molecule has 0 spiro atoms. The predicted octanol–water partition coefficient (Wildman–Crippen LogP) is 11.3. The molecule has 0 aliphatic rings. The fraction of sp³-hybridized carbons (Fsp3) is 0.969. The standard InChI is InChI=1S/C8H16O2.3C8H17.Sn/c1-3-5-6-7(4-2)8(9)10;3*1-4-6-7-8(3)5-2;/h7H,3-6H2,1-2H3,(H,9,10);3*8H,3-7H2,1-2H3;/q;;;;+1/p-1. The molecule has 0 aromatic rings. The summed E-state index contributed by atoms with van der Waals surface area (Å²) in [5.74, 6) is 2.58. The van der Waals surface area contributed by atoms with Crippen molar-refractivity contribution in [3.8, 4) is 0 Å². The molecule has 0 N–H and O–H groups in total. The molecule has 2 nitrogen and oxygen atoms in total. The third-order valence-electron chi connectivity index (χ3n) is 8.66. The first kappa shape index (κ1) is 35.3.